The van der Waals surface area contributed by atoms with Crippen molar-refractivity contribution < 1.29 is 0 Å². The van der Waals surface area contributed by atoms with Gasteiger partial charge in [0.15, 0.2) is 0 Å². The summed E-state index contributed by atoms with van der Waals surface area (Å²) in [6.45, 7) is 2.13. The molecule has 0 aromatic carbocycles. The summed E-state index contributed by atoms with van der Waals surface area (Å²) in [4.78, 5) is 0. The lowest BCUT2D eigenvalue weighted by Crippen LogP contribution is -1.62. The number of allylic oxidation sites excluding steroid dienone is 4. The predicted octanol–water partition coefficient (Wildman–Crippen LogP) is 2.10. The van der Waals surface area contributed by atoms with Crippen LogP contribution in [0.15, 0.2) is 23.0 Å². The van der Waals surface area contributed by atoms with Gasteiger partial charge in [-0.1, -0.05) is 12.2 Å². The lowest BCUT2D eigenvalue weighted by atomic mass is 10.3. The number of hydrogen-bond donors (Lipinski definition) is 0. The molecule has 1 aliphatic carbocycles. The summed E-state index contributed by atoms with van der Waals surface area (Å²) < 4.78 is 0. The van der Waals surface area contributed by atoms with Gasteiger partial charge in [-0.05, 0) is 24.2 Å². The number of hydrogen-bond acceptors (Lipinski definition) is 0. The van der Waals surface area contributed by atoms with E-state index in [0.717, 1.165) is 6.42 Å². The van der Waals surface area contributed by atoms with Crippen molar-refractivity contribution in [2.24, 2.45) is 0 Å². The van der Waals surface area contributed by atoms with Gasteiger partial charge in [-0.3, -0.25) is 0 Å². The summed E-state index contributed by atoms with van der Waals surface area (Å²) >= 11 is 0. The molecule has 0 saturated heterocycles. The van der Waals surface area contributed by atoms with E-state index in [4.69, 9.17) is 0 Å². The van der Waals surface area contributed by atoms with Crippen LogP contribution >= 0.6 is 9.24 Å². The highest BCUT2D eigenvalue weighted by atomic mass is 31.0. The van der Waals surface area contributed by atoms with Crippen LogP contribution in [0.5, 0.6) is 0 Å². The van der Waals surface area contributed by atoms with E-state index in [1.54, 1.807) is 0 Å². The van der Waals surface area contributed by atoms with E-state index in [2.05, 4.69) is 28.3 Å². The molecule has 1 unspecified atom stereocenters. The summed E-state index contributed by atoms with van der Waals surface area (Å²) in [5.74, 6) is 0. The summed E-state index contributed by atoms with van der Waals surface area (Å²) in [6, 6.07) is 0. The molecule has 0 aromatic rings. The molecule has 0 amide bonds. The third-order valence-electron chi connectivity index (χ3n) is 1.22. The Morgan fingerprint density at radius 2 is 2.29 bits per heavy atom. The molecule has 0 bridgehead atoms. The van der Waals surface area contributed by atoms with E-state index < -0.39 is 0 Å². The van der Waals surface area contributed by atoms with Crippen LogP contribution in [0.2, 0.25) is 0 Å². The van der Waals surface area contributed by atoms with Gasteiger partial charge in [-0.15, -0.1) is 9.24 Å². The van der Waals surface area contributed by atoms with Crippen LogP contribution in [0.4, 0.5) is 0 Å². The monoisotopic (exact) mass is 112 g/mol. The Labute approximate surface area is 46.5 Å². The van der Waals surface area contributed by atoms with Crippen molar-refractivity contribution in [3.8, 4) is 0 Å². The van der Waals surface area contributed by atoms with Crippen LogP contribution in [0.25, 0.3) is 0 Å². The fraction of sp³-hybridized carbons (Fsp3) is 0.333. The van der Waals surface area contributed by atoms with Gasteiger partial charge in [0.1, 0.15) is 0 Å². The van der Waals surface area contributed by atoms with Gasteiger partial charge in [-0.2, -0.15) is 0 Å². The first kappa shape index (κ1) is 5.05. The van der Waals surface area contributed by atoms with Gasteiger partial charge in [0.05, 0.1) is 0 Å². The van der Waals surface area contributed by atoms with Crippen molar-refractivity contribution in [2.45, 2.75) is 13.3 Å². The van der Waals surface area contributed by atoms with Gasteiger partial charge in [-0.25, -0.2) is 0 Å². The lowest BCUT2D eigenvalue weighted by Gasteiger charge is -1.87. The van der Waals surface area contributed by atoms with Crippen LogP contribution in [0, 0.1) is 0 Å². The molecule has 0 aliphatic heterocycles. The van der Waals surface area contributed by atoms with Crippen LogP contribution in [-0.2, 0) is 0 Å². The SMILES string of the molecule is CC1=CCC=C1P. The van der Waals surface area contributed by atoms with Gasteiger partial charge in [0.25, 0.3) is 0 Å². The van der Waals surface area contributed by atoms with Gasteiger partial charge >= 0.3 is 0 Å². The molecule has 0 saturated carbocycles. The Morgan fingerprint density at radius 1 is 1.57 bits per heavy atom. The molecule has 0 radical (unpaired) electrons. The first-order valence-electron chi connectivity index (χ1n) is 2.43. The minimum Gasteiger partial charge on any atom is -0.106 e. The molecule has 0 heterocycles. The molecule has 1 atom stereocenters. The predicted molar refractivity (Wildman–Crippen MR) is 36.2 cm³/mol. The van der Waals surface area contributed by atoms with Crippen LogP contribution in [0.3, 0.4) is 0 Å². The van der Waals surface area contributed by atoms with E-state index in [1.165, 1.54) is 10.9 Å². The van der Waals surface area contributed by atoms with Crippen molar-refractivity contribution >= 4 is 9.24 Å². The maximum absolute atomic E-state index is 2.70. The Kier molecular flexibility index (Phi) is 1.30. The Morgan fingerprint density at radius 3 is 2.43 bits per heavy atom. The highest BCUT2D eigenvalue weighted by Crippen LogP contribution is 2.23. The lowest BCUT2D eigenvalue weighted by molar-refractivity contribution is 1.42. The third kappa shape index (κ3) is 0.920. The van der Waals surface area contributed by atoms with E-state index in [-0.39, 0.29) is 0 Å². The molecule has 0 spiro atoms. The van der Waals surface area contributed by atoms with Crippen molar-refractivity contribution in [3.63, 3.8) is 0 Å². The fourth-order valence-electron chi connectivity index (χ4n) is 0.642. The normalized spacial score (nSPS) is 19.1. The van der Waals surface area contributed by atoms with Crippen molar-refractivity contribution in [3.05, 3.63) is 23.0 Å². The minimum atomic E-state index is 1.13. The summed E-state index contributed by atoms with van der Waals surface area (Å²) in [5, 5.41) is 1.36. The van der Waals surface area contributed by atoms with Crippen LogP contribution in [-0.4, -0.2) is 0 Å². The largest absolute Gasteiger partial charge is 0.106 e. The maximum Gasteiger partial charge on any atom is -0.0154 e. The van der Waals surface area contributed by atoms with Gasteiger partial charge in [0.2, 0.25) is 0 Å². The average molecular weight is 112 g/mol. The average Bonchev–Trinajstić information content (AvgIpc) is 1.91. The molecular weight excluding hydrogens is 103 g/mol. The zero-order chi connectivity index (χ0) is 5.28. The highest BCUT2D eigenvalue weighted by molar-refractivity contribution is 7.23. The minimum absolute atomic E-state index is 1.13. The second kappa shape index (κ2) is 1.79. The second-order valence-corrected chi connectivity index (χ2v) is 2.40. The Balaban J connectivity index is 2.78. The number of rotatable bonds is 0. The molecule has 38 valence electrons. The van der Waals surface area contributed by atoms with Crippen LogP contribution < -0.4 is 0 Å². The molecule has 1 rings (SSSR count). The topological polar surface area (TPSA) is 0 Å². The van der Waals surface area contributed by atoms with Crippen molar-refractivity contribution in [1.82, 2.24) is 0 Å². The highest BCUT2D eigenvalue weighted by Gasteiger charge is 1.95. The standard InChI is InChI=1S/C6H9P/c1-5-3-2-4-6(5)7/h3-4H,2,7H2,1H3. The first-order chi connectivity index (χ1) is 3.30. The molecule has 1 heteroatoms. The molecule has 0 fully saturated rings. The summed E-state index contributed by atoms with van der Waals surface area (Å²) in [6.07, 6.45) is 5.56. The Bertz CT molecular complexity index is 115. The third-order valence-corrected chi connectivity index (χ3v) is 1.91. The molecule has 0 aromatic heterocycles. The summed E-state index contributed by atoms with van der Waals surface area (Å²) in [5.41, 5.74) is 1.41. The summed E-state index contributed by atoms with van der Waals surface area (Å²) in [7, 11) is 2.70. The van der Waals surface area contributed by atoms with Gasteiger partial charge in [0, 0.05) is 0 Å². The molecule has 1 aliphatic rings. The zero-order valence-electron chi connectivity index (χ0n) is 4.44. The molecular formula is C6H9P. The van der Waals surface area contributed by atoms with Crippen molar-refractivity contribution in [1.29, 1.82) is 0 Å². The van der Waals surface area contributed by atoms with Crippen molar-refractivity contribution in [2.75, 3.05) is 0 Å². The van der Waals surface area contributed by atoms with E-state index in [0.29, 0.717) is 0 Å². The fourth-order valence-corrected chi connectivity index (χ4v) is 0.895. The maximum atomic E-state index is 2.70. The molecule has 7 heavy (non-hydrogen) atoms. The van der Waals surface area contributed by atoms with Crippen LogP contribution in [0.1, 0.15) is 13.3 Å². The Hall–Kier alpha value is -0.0900. The van der Waals surface area contributed by atoms with E-state index in [9.17, 15) is 0 Å². The van der Waals surface area contributed by atoms with Gasteiger partial charge < -0.3 is 0 Å². The second-order valence-electron chi connectivity index (χ2n) is 1.78. The first-order valence-corrected chi connectivity index (χ1v) is 3.01. The van der Waals surface area contributed by atoms with E-state index in [1.807, 2.05) is 0 Å². The molecule has 0 N–H and O–H groups in total. The smallest absolute Gasteiger partial charge is 0.0154 e. The molecule has 0 nitrogen and oxygen atoms in total. The zero-order valence-corrected chi connectivity index (χ0v) is 5.59. The van der Waals surface area contributed by atoms with E-state index >= 15 is 0 Å². The quantitative estimate of drug-likeness (QED) is 0.421.